The fourth-order valence-corrected chi connectivity index (χ4v) is 3.43. The summed E-state index contributed by atoms with van der Waals surface area (Å²) in [4.78, 5) is 26.2. The number of aromatic nitrogens is 3. The van der Waals surface area contributed by atoms with Crippen LogP contribution in [0.2, 0.25) is 0 Å². The quantitative estimate of drug-likeness (QED) is 0.511. The van der Waals surface area contributed by atoms with E-state index in [2.05, 4.69) is 27.8 Å². The zero-order chi connectivity index (χ0) is 22.7. The van der Waals surface area contributed by atoms with E-state index in [-0.39, 0.29) is 17.5 Å². The maximum Gasteiger partial charge on any atom is 0.278 e. The van der Waals surface area contributed by atoms with Gasteiger partial charge in [0.05, 0.1) is 22.8 Å². The minimum atomic E-state index is -0.390. The average Bonchev–Trinajstić information content (AvgIpc) is 3.21. The highest BCUT2D eigenvalue weighted by atomic mass is 16.2. The average molecular weight is 425 g/mol. The van der Waals surface area contributed by atoms with Crippen LogP contribution in [-0.4, -0.2) is 33.9 Å². The monoisotopic (exact) mass is 425 g/mol. The van der Waals surface area contributed by atoms with Crippen LogP contribution in [-0.2, 0) is 4.79 Å². The summed E-state index contributed by atoms with van der Waals surface area (Å²) in [7, 11) is 1.66. The molecule has 0 atom stereocenters. The van der Waals surface area contributed by atoms with Crippen LogP contribution >= 0.6 is 0 Å². The van der Waals surface area contributed by atoms with E-state index in [0.29, 0.717) is 17.1 Å². The van der Waals surface area contributed by atoms with Gasteiger partial charge < -0.3 is 10.2 Å². The number of carbonyl (C=O) groups excluding carboxylic acids is 2. The maximum absolute atomic E-state index is 12.9. The number of nitrogens with zero attached hydrogens (tertiary/aromatic N) is 4. The fourth-order valence-electron chi connectivity index (χ4n) is 3.43. The molecule has 0 radical (unpaired) electrons. The highest BCUT2D eigenvalue weighted by Crippen LogP contribution is 2.26. The van der Waals surface area contributed by atoms with Crippen molar-refractivity contribution in [2.24, 2.45) is 0 Å². The third kappa shape index (κ3) is 4.13. The minimum Gasteiger partial charge on any atom is -0.319 e. The van der Waals surface area contributed by atoms with Gasteiger partial charge in [0.2, 0.25) is 5.91 Å². The molecule has 1 heterocycles. The topological polar surface area (TPSA) is 80.1 Å². The second kappa shape index (κ2) is 8.85. The number of rotatable bonds is 5. The molecule has 1 aromatic heterocycles. The number of amides is 2. The molecule has 0 spiro atoms. The van der Waals surface area contributed by atoms with E-state index in [4.69, 9.17) is 0 Å². The molecule has 1 N–H and O–H groups in total. The molecule has 3 aromatic carbocycles. The van der Waals surface area contributed by atoms with Crippen molar-refractivity contribution >= 4 is 23.2 Å². The summed E-state index contributed by atoms with van der Waals surface area (Å²) < 4.78 is 1.64. The molecular weight excluding hydrogens is 402 g/mol. The number of hydrogen-bond acceptors (Lipinski definition) is 4. The van der Waals surface area contributed by atoms with Crippen molar-refractivity contribution in [2.75, 3.05) is 17.3 Å². The van der Waals surface area contributed by atoms with Gasteiger partial charge in [-0.1, -0.05) is 59.8 Å². The first-order valence-corrected chi connectivity index (χ1v) is 10.2. The van der Waals surface area contributed by atoms with E-state index >= 15 is 0 Å². The highest BCUT2D eigenvalue weighted by Gasteiger charge is 2.20. The molecule has 0 unspecified atom stereocenters. The molecule has 0 aliphatic rings. The van der Waals surface area contributed by atoms with Gasteiger partial charge in [0.15, 0.2) is 5.69 Å². The lowest BCUT2D eigenvalue weighted by Crippen LogP contribution is -2.25. The van der Waals surface area contributed by atoms with Gasteiger partial charge in [-0.25, -0.2) is 4.68 Å². The third-order valence-electron chi connectivity index (χ3n) is 5.31. The first-order chi connectivity index (χ1) is 15.5. The molecule has 4 aromatic rings. The molecule has 2 amide bonds. The number of nitrogens with one attached hydrogen (secondary N) is 1. The van der Waals surface area contributed by atoms with Crippen LogP contribution in [0.4, 0.5) is 11.4 Å². The van der Waals surface area contributed by atoms with Crippen molar-refractivity contribution in [1.29, 1.82) is 0 Å². The first kappa shape index (κ1) is 21.0. The van der Waals surface area contributed by atoms with Crippen LogP contribution < -0.4 is 10.2 Å². The van der Waals surface area contributed by atoms with Gasteiger partial charge in [0, 0.05) is 14.0 Å². The SMILES string of the molecule is CC(=O)N(C)c1ccccc1NC(=O)c1nnn(-c2ccc(-c3ccccc3)cc2)c1C. The Morgan fingerprint density at radius 3 is 2.19 bits per heavy atom. The van der Waals surface area contributed by atoms with Gasteiger partial charge >= 0.3 is 0 Å². The summed E-state index contributed by atoms with van der Waals surface area (Å²) in [6.07, 6.45) is 0. The number of anilines is 2. The van der Waals surface area contributed by atoms with Crippen LogP contribution in [0.3, 0.4) is 0 Å². The molecule has 0 saturated carbocycles. The minimum absolute atomic E-state index is 0.132. The van der Waals surface area contributed by atoms with E-state index < -0.39 is 0 Å². The Balaban J connectivity index is 1.57. The Morgan fingerprint density at radius 2 is 1.50 bits per heavy atom. The van der Waals surface area contributed by atoms with E-state index in [1.54, 1.807) is 36.9 Å². The molecule has 7 heteroatoms. The van der Waals surface area contributed by atoms with Crippen LogP contribution in [0, 0.1) is 6.92 Å². The van der Waals surface area contributed by atoms with Crippen molar-refractivity contribution in [3.8, 4) is 16.8 Å². The highest BCUT2D eigenvalue weighted by molar-refractivity contribution is 6.06. The van der Waals surface area contributed by atoms with Crippen LogP contribution in [0.1, 0.15) is 23.1 Å². The Morgan fingerprint density at radius 1 is 0.875 bits per heavy atom. The van der Waals surface area contributed by atoms with Crippen LogP contribution in [0.5, 0.6) is 0 Å². The molecule has 0 aliphatic carbocycles. The lowest BCUT2D eigenvalue weighted by atomic mass is 10.1. The molecular formula is C25H23N5O2. The molecule has 0 bridgehead atoms. The normalized spacial score (nSPS) is 10.6. The third-order valence-corrected chi connectivity index (χ3v) is 5.31. The van der Waals surface area contributed by atoms with E-state index in [9.17, 15) is 9.59 Å². The lowest BCUT2D eigenvalue weighted by Gasteiger charge is -2.19. The zero-order valence-electron chi connectivity index (χ0n) is 18.1. The van der Waals surface area contributed by atoms with Crippen LogP contribution in [0.25, 0.3) is 16.8 Å². The van der Waals surface area contributed by atoms with Crippen molar-refractivity contribution < 1.29 is 9.59 Å². The van der Waals surface area contributed by atoms with Crippen molar-refractivity contribution in [2.45, 2.75) is 13.8 Å². The fraction of sp³-hybridized carbons (Fsp3) is 0.120. The molecule has 4 rings (SSSR count). The Bertz CT molecular complexity index is 1260. The predicted octanol–water partition coefficient (Wildman–Crippen LogP) is 4.48. The van der Waals surface area contributed by atoms with Gasteiger partial charge in [-0.15, -0.1) is 5.10 Å². The van der Waals surface area contributed by atoms with Gasteiger partial charge in [0.25, 0.3) is 5.91 Å². The standard InChI is InChI=1S/C25H23N5O2/c1-17-24(25(32)26-22-11-7-8-12-23(22)29(3)18(2)31)27-28-30(17)21-15-13-20(14-16-21)19-9-5-4-6-10-19/h4-16H,1-3H3,(H,26,32). The van der Waals surface area contributed by atoms with Crippen LogP contribution in [0.15, 0.2) is 78.9 Å². The smallest absolute Gasteiger partial charge is 0.278 e. The summed E-state index contributed by atoms with van der Waals surface area (Å²) in [5.41, 5.74) is 5.00. The Labute approximate surface area is 186 Å². The largest absolute Gasteiger partial charge is 0.319 e. The summed E-state index contributed by atoms with van der Waals surface area (Å²) in [6.45, 7) is 3.27. The van der Waals surface area contributed by atoms with Gasteiger partial charge in [0.1, 0.15) is 0 Å². The maximum atomic E-state index is 12.9. The summed E-state index contributed by atoms with van der Waals surface area (Å²) >= 11 is 0. The van der Waals surface area contributed by atoms with Crippen molar-refractivity contribution in [3.63, 3.8) is 0 Å². The van der Waals surface area contributed by atoms with Gasteiger partial charge in [-0.05, 0) is 42.3 Å². The lowest BCUT2D eigenvalue weighted by molar-refractivity contribution is -0.116. The summed E-state index contributed by atoms with van der Waals surface area (Å²) in [6, 6.07) is 25.1. The first-order valence-electron chi connectivity index (χ1n) is 10.2. The summed E-state index contributed by atoms with van der Waals surface area (Å²) in [5, 5.41) is 11.1. The number of carbonyl (C=O) groups is 2. The van der Waals surface area contributed by atoms with E-state index in [1.807, 2.05) is 48.5 Å². The second-order valence-electron chi connectivity index (χ2n) is 7.40. The number of para-hydroxylation sites is 2. The number of hydrogen-bond donors (Lipinski definition) is 1. The van der Waals surface area contributed by atoms with Gasteiger partial charge in [-0.3, -0.25) is 9.59 Å². The molecule has 160 valence electrons. The summed E-state index contributed by atoms with van der Waals surface area (Å²) in [5.74, 6) is -0.521. The second-order valence-corrected chi connectivity index (χ2v) is 7.40. The molecule has 7 nitrogen and oxygen atoms in total. The predicted molar refractivity (Wildman–Crippen MR) is 125 cm³/mol. The van der Waals surface area contributed by atoms with E-state index in [1.165, 1.54) is 11.8 Å². The van der Waals surface area contributed by atoms with Gasteiger partial charge in [-0.2, -0.15) is 0 Å². The van der Waals surface area contributed by atoms with Crippen molar-refractivity contribution in [3.05, 3.63) is 90.3 Å². The number of benzene rings is 3. The Hall–Kier alpha value is -4.26. The molecule has 32 heavy (non-hydrogen) atoms. The molecule has 0 aliphatic heterocycles. The van der Waals surface area contributed by atoms with Crippen molar-refractivity contribution in [1.82, 2.24) is 15.0 Å². The zero-order valence-corrected chi connectivity index (χ0v) is 18.1. The molecule has 0 fully saturated rings. The van der Waals surface area contributed by atoms with E-state index in [0.717, 1.165) is 16.8 Å². The Kier molecular flexibility index (Phi) is 5.81. The molecule has 0 saturated heterocycles.